The average molecular weight is 497 g/mol. The van der Waals surface area contributed by atoms with E-state index in [4.69, 9.17) is 9.15 Å². The number of ether oxygens (including phenoxy) is 1. The molecule has 2 aromatic carbocycles. The first-order valence-electron chi connectivity index (χ1n) is 11.6. The molecule has 0 unspecified atom stereocenters. The second kappa shape index (κ2) is 11.3. The number of β-amino-alcohol motifs (C(OH)–C–C–N with tert-alkyl or cyclic N) is 1. The highest BCUT2D eigenvalue weighted by Gasteiger charge is 2.35. The number of furan rings is 1. The number of esters is 1. The van der Waals surface area contributed by atoms with E-state index >= 15 is 0 Å². The second-order valence-corrected chi connectivity index (χ2v) is 8.31. The predicted molar refractivity (Wildman–Crippen MR) is 135 cm³/mol. The zero-order chi connectivity index (χ0) is 26.4. The molecule has 0 saturated heterocycles. The third kappa shape index (κ3) is 5.58. The van der Waals surface area contributed by atoms with Gasteiger partial charge in [0.2, 0.25) is 0 Å². The maximum atomic E-state index is 12.9. The highest BCUT2D eigenvalue weighted by molar-refractivity contribution is 6.19. The maximum Gasteiger partial charge on any atom is 0.338 e. The third-order valence-corrected chi connectivity index (χ3v) is 5.91. The van der Waals surface area contributed by atoms with Gasteiger partial charge >= 0.3 is 5.97 Å². The van der Waals surface area contributed by atoms with Crippen molar-refractivity contribution in [3.05, 3.63) is 100 Å². The number of hydrogen-bond donors (Lipinski definition) is 1. The van der Waals surface area contributed by atoms with Gasteiger partial charge < -0.3 is 14.3 Å². The van der Waals surface area contributed by atoms with Crippen LogP contribution in [0, 0.1) is 11.3 Å². The fourth-order valence-corrected chi connectivity index (χ4v) is 3.95. The average Bonchev–Trinajstić information content (AvgIpc) is 3.39. The van der Waals surface area contributed by atoms with Crippen molar-refractivity contribution >= 4 is 23.9 Å². The molecule has 2 amide bonds. The van der Waals surface area contributed by atoms with E-state index < -0.39 is 24.4 Å². The zero-order valence-corrected chi connectivity index (χ0v) is 20.1. The summed E-state index contributed by atoms with van der Waals surface area (Å²) < 4.78 is 11.3. The lowest BCUT2D eigenvalue weighted by atomic mass is 9.95. The first kappa shape index (κ1) is 25.4. The lowest BCUT2D eigenvalue weighted by Gasteiger charge is -2.26. The molecule has 2 heterocycles. The molecule has 8 heteroatoms. The first-order valence-corrected chi connectivity index (χ1v) is 11.6. The molecule has 1 N–H and O–H groups in total. The number of nitrogens with zero attached hydrogens (tertiary/aromatic N) is 2. The Kier molecular flexibility index (Phi) is 7.77. The van der Waals surface area contributed by atoms with Gasteiger partial charge in [0.25, 0.3) is 11.8 Å². The molecule has 0 atom stereocenters. The van der Waals surface area contributed by atoms with Crippen LogP contribution in [0.25, 0.3) is 17.4 Å². The highest BCUT2D eigenvalue weighted by atomic mass is 16.5. The molecule has 8 nitrogen and oxygen atoms in total. The summed E-state index contributed by atoms with van der Waals surface area (Å²) in [4.78, 5) is 38.7. The van der Waals surface area contributed by atoms with Crippen LogP contribution in [-0.2, 0) is 20.7 Å². The number of imide groups is 1. The number of aliphatic hydroxyl groups is 1. The number of amides is 2. The number of hydrogen-bond acceptors (Lipinski definition) is 7. The van der Waals surface area contributed by atoms with E-state index in [1.54, 1.807) is 36.4 Å². The Morgan fingerprint density at radius 3 is 2.59 bits per heavy atom. The van der Waals surface area contributed by atoms with Gasteiger partial charge in [0.15, 0.2) is 0 Å². The summed E-state index contributed by atoms with van der Waals surface area (Å²) in [5, 5.41) is 18.6. The first-order chi connectivity index (χ1) is 17.9. The van der Waals surface area contributed by atoms with Gasteiger partial charge in [-0.15, -0.1) is 0 Å². The monoisotopic (exact) mass is 496 g/mol. The number of aliphatic hydroxyl groups excluding tert-OH is 1. The number of carbonyl (C=O) groups excluding carboxylic acids is 3. The van der Waals surface area contributed by atoms with Crippen molar-refractivity contribution in [1.29, 1.82) is 5.26 Å². The lowest BCUT2D eigenvalue weighted by molar-refractivity contribution is -0.141. The van der Waals surface area contributed by atoms with Crippen LogP contribution in [0.2, 0.25) is 0 Å². The normalized spacial score (nSPS) is 14.7. The Labute approximate surface area is 213 Å². The van der Waals surface area contributed by atoms with Crippen molar-refractivity contribution in [2.24, 2.45) is 0 Å². The van der Waals surface area contributed by atoms with Crippen LogP contribution in [0.5, 0.6) is 0 Å². The molecule has 0 spiro atoms. The van der Waals surface area contributed by atoms with E-state index in [1.165, 1.54) is 13.0 Å². The van der Waals surface area contributed by atoms with E-state index in [0.29, 0.717) is 29.1 Å². The fourth-order valence-electron chi connectivity index (χ4n) is 3.95. The Morgan fingerprint density at radius 2 is 1.86 bits per heavy atom. The van der Waals surface area contributed by atoms with Gasteiger partial charge in [-0.25, -0.2) is 4.79 Å². The Balaban J connectivity index is 1.52. The number of rotatable bonds is 8. The molecule has 1 aliphatic heterocycles. The number of nitriles is 1. The van der Waals surface area contributed by atoms with Crippen molar-refractivity contribution in [2.75, 3.05) is 19.8 Å². The minimum Gasteiger partial charge on any atom is -0.462 e. The van der Waals surface area contributed by atoms with E-state index in [1.807, 2.05) is 36.4 Å². The minimum atomic E-state index is -0.733. The summed E-state index contributed by atoms with van der Waals surface area (Å²) in [5.41, 5.74) is 2.29. The van der Waals surface area contributed by atoms with Gasteiger partial charge in [0.05, 0.1) is 25.3 Å². The predicted octanol–water partition coefficient (Wildman–Crippen LogP) is 3.93. The van der Waals surface area contributed by atoms with Crippen LogP contribution < -0.4 is 0 Å². The molecule has 0 radical (unpaired) electrons. The summed E-state index contributed by atoms with van der Waals surface area (Å²) in [6.45, 7) is 1.14. The third-order valence-electron chi connectivity index (χ3n) is 5.91. The van der Waals surface area contributed by atoms with Gasteiger partial charge in [-0.3, -0.25) is 14.5 Å². The van der Waals surface area contributed by atoms with Crippen molar-refractivity contribution in [3.8, 4) is 17.4 Å². The fraction of sp³-hybridized carbons (Fsp3) is 0.172. The van der Waals surface area contributed by atoms with Crippen LogP contribution >= 0.6 is 0 Å². The molecule has 0 saturated carbocycles. The maximum absolute atomic E-state index is 12.9. The van der Waals surface area contributed by atoms with Crippen molar-refractivity contribution in [2.45, 2.75) is 13.3 Å². The van der Waals surface area contributed by atoms with Gasteiger partial charge in [-0.1, -0.05) is 42.5 Å². The van der Waals surface area contributed by atoms with Gasteiger partial charge in [0.1, 0.15) is 23.2 Å². The smallest absolute Gasteiger partial charge is 0.338 e. The zero-order valence-electron chi connectivity index (χ0n) is 20.1. The van der Waals surface area contributed by atoms with E-state index in [-0.39, 0.29) is 29.9 Å². The SMILES string of the molecule is CC1=C(C#N)C(=O)N(CCO)C(=O)/C1=C/c1ccc(-c2cccc(C(=O)OCCc3ccccc3)c2)o1. The molecular formula is C29H24N2O6. The van der Waals surface area contributed by atoms with Crippen LogP contribution in [0.1, 0.15) is 28.6 Å². The van der Waals surface area contributed by atoms with Crippen molar-refractivity contribution < 1.29 is 28.6 Å². The molecule has 1 aromatic heterocycles. The summed E-state index contributed by atoms with van der Waals surface area (Å²) in [6, 6.07) is 21.7. The summed E-state index contributed by atoms with van der Waals surface area (Å²) in [6.07, 6.45) is 2.07. The van der Waals surface area contributed by atoms with Crippen molar-refractivity contribution in [1.82, 2.24) is 4.90 Å². The standard InChI is InChI=1S/C29H24N2O6/c1-19-24(27(33)31(13-14-32)28(34)25(19)18-30)17-23-10-11-26(37-23)21-8-5-9-22(16-21)29(35)36-15-12-20-6-3-2-4-7-20/h2-11,16-17,32H,12-15H2,1H3/b24-17+. The molecule has 0 fully saturated rings. The highest BCUT2D eigenvalue weighted by Crippen LogP contribution is 2.29. The molecule has 186 valence electrons. The Hall–Kier alpha value is -4.74. The largest absolute Gasteiger partial charge is 0.462 e. The number of benzene rings is 2. The van der Waals surface area contributed by atoms with E-state index in [2.05, 4.69) is 0 Å². The molecule has 0 aliphatic carbocycles. The van der Waals surface area contributed by atoms with Crippen LogP contribution in [0.3, 0.4) is 0 Å². The quantitative estimate of drug-likeness (QED) is 0.285. The van der Waals surface area contributed by atoms with Gasteiger partial charge in [0, 0.05) is 17.6 Å². The molecule has 1 aliphatic rings. The minimum absolute atomic E-state index is 0.126. The molecule has 37 heavy (non-hydrogen) atoms. The molecule has 3 aromatic rings. The van der Waals surface area contributed by atoms with E-state index in [9.17, 15) is 24.8 Å². The molecule has 4 rings (SSSR count). The second-order valence-electron chi connectivity index (χ2n) is 8.31. The Bertz CT molecular complexity index is 1440. The van der Waals surface area contributed by atoms with Crippen LogP contribution in [0.4, 0.5) is 0 Å². The van der Waals surface area contributed by atoms with E-state index in [0.717, 1.165) is 10.5 Å². The van der Waals surface area contributed by atoms with Crippen molar-refractivity contribution in [3.63, 3.8) is 0 Å². The number of carbonyl (C=O) groups is 3. The lowest BCUT2D eigenvalue weighted by Crippen LogP contribution is -2.44. The molecular weight excluding hydrogens is 472 g/mol. The van der Waals surface area contributed by atoms with Crippen LogP contribution in [-0.4, -0.2) is 47.5 Å². The van der Waals surface area contributed by atoms with Crippen LogP contribution in [0.15, 0.2) is 87.9 Å². The summed E-state index contributed by atoms with van der Waals surface area (Å²) in [5.74, 6) is -1.01. The van der Waals surface area contributed by atoms with Gasteiger partial charge in [-0.2, -0.15) is 5.26 Å². The Morgan fingerprint density at radius 1 is 1.08 bits per heavy atom. The summed E-state index contributed by atoms with van der Waals surface area (Å²) in [7, 11) is 0. The van der Waals surface area contributed by atoms with Gasteiger partial charge in [-0.05, 0) is 48.4 Å². The molecule has 0 bridgehead atoms. The summed E-state index contributed by atoms with van der Waals surface area (Å²) >= 11 is 0. The topological polar surface area (TPSA) is 121 Å².